The van der Waals surface area contributed by atoms with E-state index < -0.39 is 6.16 Å². The Morgan fingerprint density at radius 2 is 1.17 bits per heavy atom. The first-order valence-corrected chi connectivity index (χ1v) is 0.612. The zero-order valence-electron chi connectivity index (χ0n) is 2.43. The maximum Gasteiger partial charge on any atom is 1.00 e. The predicted octanol–water partition coefficient (Wildman–Crippen LogP) is -2.45. The third-order valence-corrected chi connectivity index (χ3v) is 0. The Morgan fingerprint density at radius 1 is 1.17 bits per heavy atom. The molecule has 38 valence electrons. The van der Waals surface area contributed by atoms with Crippen molar-refractivity contribution >= 4 is 6.16 Å². The largest absolute Gasteiger partial charge is 1.00 e. The van der Waals surface area contributed by atoms with Gasteiger partial charge >= 0.3 is 34.1 Å². The second-order valence-corrected chi connectivity index (χ2v) is 0.250. The molecular weight excluding hydrogens is 172 g/mol. The molecule has 0 saturated carbocycles. The van der Waals surface area contributed by atoms with Gasteiger partial charge in [0.2, 0.25) is 0 Å². The third kappa shape index (κ3) is 494. The van der Waals surface area contributed by atoms with Crippen LogP contribution in [-0.4, -0.2) is 6.16 Å². The Balaban J connectivity index is -0.0000000450. The molecule has 0 spiro atoms. The fraction of sp³-hybridized carbons (Fsp3) is 0. The van der Waals surface area contributed by atoms with Crippen LogP contribution >= 0.6 is 0 Å². The number of carbonyl (C=O) groups excluding carboxylic acids is 1. The van der Waals surface area contributed by atoms with Gasteiger partial charge in [-0.3, -0.25) is 0 Å². The Bertz CT molecular complexity index is 31.8. The van der Waals surface area contributed by atoms with Crippen LogP contribution in [0.1, 0.15) is 0 Å². The molecule has 0 amide bonds. The van der Waals surface area contributed by atoms with Crippen molar-refractivity contribution < 1.29 is 49.1 Å². The quantitative estimate of drug-likeness (QED) is 0.380. The Labute approximate surface area is 55.7 Å². The van der Waals surface area contributed by atoms with Crippen LogP contribution in [0.25, 0.3) is 0 Å². The molecule has 0 aromatic heterocycles. The zero-order chi connectivity index (χ0) is 3.58. The van der Waals surface area contributed by atoms with Gasteiger partial charge in [-0.15, -0.1) is 0 Å². The van der Waals surface area contributed by atoms with Gasteiger partial charge in [-0.2, -0.15) is 0 Å². The molecule has 0 saturated heterocycles. The van der Waals surface area contributed by atoms with Crippen LogP contribution in [-0.2, 0) is 34.1 Å². The van der Waals surface area contributed by atoms with Crippen molar-refractivity contribution in [1.82, 2.24) is 0 Å². The van der Waals surface area contributed by atoms with E-state index in [1.165, 1.54) is 0 Å². The normalized spacial score (nSPS) is 4.00. The molecule has 2 radical (unpaired) electrons. The summed E-state index contributed by atoms with van der Waals surface area (Å²) < 4.78 is 0. The molecule has 0 unspecified atom stereocenters. The summed E-state index contributed by atoms with van der Waals surface area (Å²) in [4.78, 5) is 8.33. The van der Waals surface area contributed by atoms with E-state index in [4.69, 9.17) is 15.0 Å². The van der Waals surface area contributed by atoms with E-state index in [0.29, 0.717) is 0 Å². The van der Waals surface area contributed by atoms with E-state index in [0.717, 1.165) is 0 Å². The van der Waals surface area contributed by atoms with Crippen LogP contribution in [0, 0.1) is 0 Å². The number of hydrogen-bond donors (Lipinski definition) is 0. The molecule has 0 bridgehead atoms. The first kappa shape index (κ1) is 16.2. The smallest absolute Gasteiger partial charge is 0.652 e. The fourth-order valence-corrected chi connectivity index (χ4v) is 0. The first-order chi connectivity index (χ1) is 1.73. The molecule has 0 aromatic carbocycles. The maximum absolute atomic E-state index is 8.33. The van der Waals surface area contributed by atoms with E-state index in [1.54, 1.807) is 0 Å². The Kier molecular flexibility index (Phi) is 24.4. The summed E-state index contributed by atoms with van der Waals surface area (Å²) in [7, 11) is 0. The second-order valence-electron chi connectivity index (χ2n) is 0.250. The van der Waals surface area contributed by atoms with Crippen LogP contribution in [0.15, 0.2) is 0 Å². The number of carbonyl (C=O) groups is 1. The zero-order valence-corrected chi connectivity index (χ0v) is 4.64. The summed E-state index contributed by atoms with van der Waals surface area (Å²) in [5.41, 5.74) is 0. The van der Waals surface area contributed by atoms with E-state index in [9.17, 15) is 0 Å². The monoisotopic (exact) mass is 172 g/mol. The summed E-state index contributed by atoms with van der Waals surface area (Å²) in [6.07, 6.45) is -2.33. The van der Waals surface area contributed by atoms with Crippen LogP contribution in [0.2, 0.25) is 0 Å². The summed E-state index contributed by atoms with van der Waals surface area (Å²) in [6, 6.07) is 0. The van der Waals surface area contributed by atoms with Crippen molar-refractivity contribution in [3.63, 3.8) is 0 Å². The number of hydrogen-bond acceptors (Lipinski definition) is 3. The third-order valence-electron chi connectivity index (χ3n) is 0. The average Bonchev–Trinajstić information content (AvgIpc) is 0.811. The van der Waals surface area contributed by atoms with Gasteiger partial charge in [0.25, 0.3) is 0 Å². The van der Waals surface area contributed by atoms with Crippen molar-refractivity contribution in [2.24, 2.45) is 0 Å². The standard InChI is InChI=1S/CH2O3.2Fe/c2-1(3)4;;/h(H2,2,3,4);;/q;2*+1/p-2. The molecule has 0 fully saturated rings. The molecule has 0 atom stereocenters. The average molecular weight is 172 g/mol. The summed E-state index contributed by atoms with van der Waals surface area (Å²) in [5.74, 6) is 0. The van der Waals surface area contributed by atoms with Crippen molar-refractivity contribution in [3.05, 3.63) is 0 Å². The molecule has 0 aromatic rings. The minimum atomic E-state index is -2.33. The topological polar surface area (TPSA) is 63.2 Å². The van der Waals surface area contributed by atoms with Crippen molar-refractivity contribution in [2.45, 2.75) is 0 Å². The number of rotatable bonds is 0. The van der Waals surface area contributed by atoms with Gasteiger partial charge in [0.05, 0.1) is 0 Å². The summed E-state index contributed by atoms with van der Waals surface area (Å²) in [5, 5.41) is 16.7. The van der Waals surface area contributed by atoms with Crippen molar-refractivity contribution in [2.75, 3.05) is 0 Å². The van der Waals surface area contributed by atoms with Gasteiger partial charge in [-0.05, 0) is 6.16 Å². The van der Waals surface area contributed by atoms with Crippen molar-refractivity contribution in [3.8, 4) is 0 Å². The number of carboxylic acid groups (broad SMARTS) is 2. The fourth-order valence-electron chi connectivity index (χ4n) is 0. The summed E-state index contributed by atoms with van der Waals surface area (Å²) >= 11 is 0. The Hall–Kier alpha value is 0.309. The SMILES string of the molecule is O=C([O-])[O-].[Fe+].[Fe+]. The molecule has 0 aliphatic carbocycles. The minimum Gasteiger partial charge on any atom is -0.652 e. The molecule has 3 nitrogen and oxygen atoms in total. The van der Waals surface area contributed by atoms with Crippen LogP contribution in [0.5, 0.6) is 0 Å². The van der Waals surface area contributed by atoms with Gasteiger partial charge < -0.3 is 15.0 Å². The molecule has 0 rings (SSSR count). The van der Waals surface area contributed by atoms with Gasteiger partial charge in [0, 0.05) is 0 Å². The Morgan fingerprint density at radius 3 is 1.17 bits per heavy atom. The van der Waals surface area contributed by atoms with Crippen LogP contribution in [0.3, 0.4) is 0 Å². The molecule has 0 aliphatic heterocycles. The van der Waals surface area contributed by atoms with Gasteiger partial charge in [0.15, 0.2) is 0 Å². The maximum atomic E-state index is 8.33. The van der Waals surface area contributed by atoms with Gasteiger partial charge in [-0.25, -0.2) is 0 Å². The van der Waals surface area contributed by atoms with Gasteiger partial charge in [0.1, 0.15) is 0 Å². The van der Waals surface area contributed by atoms with Crippen LogP contribution in [0.4, 0.5) is 4.79 Å². The van der Waals surface area contributed by atoms with Crippen molar-refractivity contribution in [1.29, 1.82) is 0 Å². The molecule has 0 N–H and O–H groups in total. The predicted molar refractivity (Wildman–Crippen MR) is 5.40 cm³/mol. The van der Waals surface area contributed by atoms with E-state index in [-0.39, 0.29) is 34.1 Å². The second kappa shape index (κ2) is 9.00. The minimum absolute atomic E-state index is 0. The van der Waals surface area contributed by atoms with E-state index >= 15 is 0 Å². The molecule has 0 aliphatic rings. The van der Waals surface area contributed by atoms with Gasteiger partial charge in [-0.1, -0.05) is 0 Å². The summed E-state index contributed by atoms with van der Waals surface area (Å²) in [6.45, 7) is 0. The van der Waals surface area contributed by atoms with E-state index in [2.05, 4.69) is 0 Å². The van der Waals surface area contributed by atoms with E-state index in [1.807, 2.05) is 0 Å². The first-order valence-electron chi connectivity index (χ1n) is 0.612. The molecule has 0 heterocycles. The molecular formula is CFe2O3. The molecule has 6 heavy (non-hydrogen) atoms. The molecule has 5 heteroatoms. The van der Waals surface area contributed by atoms with Crippen LogP contribution < -0.4 is 10.2 Å².